The molecule has 2 N–H and O–H groups in total. The van der Waals surface area contributed by atoms with Gasteiger partial charge in [0.05, 0.1) is 5.69 Å². The van der Waals surface area contributed by atoms with Gasteiger partial charge in [0.25, 0.3) is 0 Å². The first-order chi connectivity index (χ1) is 9.77. The lowest BCUT2D eigenvalue weighted by molar-refractivity contribution is 0.240. The molecular weight excluding hydrogens is 276 g/mol. The minimum atomic E-state index is -0.793. The number of amides is 2. The van der Waals surface area contributed by atoms with E-state index in [0.29, 0.717) is 12.5 Å². The monoisotopic (exact) mass is 299 g/mol. The highest BCUT2D eigenvalue weighted by atomic mass is 19.1. The van der Waals surface area contributed by atoms with E-state index in [1.54, 1.807) is 0 Å². The second-order valence-corrected chi connectivity index (χ2v) is 5.81. The van der Waals surface area contributed by atoms with Crippen LogP contribution in [0.4, 0.5) is 19.3 Å². The summed E-state index contributed by atoms with van der Waals surface area (Å²) in [4.78, 5) is 13.9. The van der Waals surface area contributed by atoms with E-state index in [1.807, 2.05) is 19.0 Å². The molecule has 0 aliphatic rings. The number of rotatable bonds is 6. The number of halogens is 2. The van der Waals surface area contributed by atoms with Crippen LogP contribution in [0.25, 0.3) is 0 Å². The lowest BCUT2D eigenvalue weighted by Gasteiger charge is -2.24. The molecule has 0 radical (unpaired) electrons. The number of anilines is 1. The molecule has 4 nitrogen and oxygen atoms in total. The first kappa shape index (κ1) is 17.4. The number of hydrogen-bond donors (Lipinski definition) is 2. The zero-order valence-corrected chi connectivity index (χ0v) is 12.9. The molecule has 0 saturated carbocycles. The number of hydrogen-bond acceptors (Lipinski definition) is 2. The summed E-state index contributed by atoms with van der Waals surface area (Å²) in [7, 11) is 3.85. The van der Waals surface area contributed by atoms with Crippen molar-refractivity contribution in [1.82, 2.24) is 10.2 Å². The summed E-state index contributed by atoms with van der Waals surface area (Å²) >= 11 is 0. The fourth-order valence-electron chi connectivity index (χ4n) is 2.12. The highest BCUT2D eigenvalue weighted by Gasteiger charge is 2.16. The molecule has 0 bridgehead atoms. The van der Waals surface area contributed by atoms with Gasteiger partial charge in [-0.2, -0.15) is 0 Å². The van der Waals surface area contributed by atoms with Crippen molar-refractivity contribution < 1.29 is 13.6 Å². The summed E-state index contributed by atoms with van der Waals surface area (Å²) in [6.45, 7) is 4.83. The number of carbonyl (C=O) groups excluding carboxylic acids is 1. The van der Waals surface area contributed by atoms with Gasteiger partial charge in [-0.1, -0.05) is 13.8 Å². The Hall–Kier alpha value is -1.69. The number of likely N-dealkylation sites (N-methyl/N-ethyl adjacent to an activating group) is 1. The van der Waals surface area contributed by atoms with Crippen LogP contribution >= 0.6 is 0 Å². The maximum Gasteiger partial charge on any atom is 0.319 e. The molecule has 118 valence electrons. The number of urea groups is 1. The van der Waals surface area contributed by atoms with Crippen LogP contribution in [0.2, 0.25) is 0 Å². The third-order valence-corrected chi connectivity index (χ3v) is 2.86. The quantitative estimate of drug-likeness (QED) is 0.848. The molecule has 0 aromatic heterocycles. The van der Waals surface area contributed by atoms with E-state index < -0.39 is 17.7 Å². The average molecular weight is 299 g/mol. The normalized spacial score (nSPS) is 12.6. The van der Waals surface area contributed by atoms with Gasteiger partial charge in [0.1, 0.15) is 11.6 Å². The zero-order chi connectivity index (χ0) is 16.0. The van der Waals surface area contributed by atoms with Gasteiger partial charge in [0.15, 0.2) is 0 Å². The predicted octanol–water partition coefficient (Wildman–Crippen LogP) is 3.06. The third-order valence-electron chi connectivity index (χ3n) is 2.86. The van der Waals surface area contributed by atoms with E-state index in [2.05, 4.69) is 24.5 Å². The lowest BCUT2D eigenvalue weighted by atomic mass is 10.0. The summed E-state index contributed by atoms with van der Waals surface area (Å²) < 4.78 is 26.3. The molecule has 6 heteroatoms. The highest BCUT2D eigenvalue weighted by molar-refractivity contribution is 5.89. The van der Waals surface area contributed by atoms with E-state index in [9.17, 15) is 13.6 Å². The van der Waals surface area contributed by atoms with Gasteiger partial charge in [-0.15, -0.1) is 0 Å². The third kappa shape index (κ3) is 6.53. The molecule has 0 spiro atoms. The molecule has 1 unspecified atom stereocenters. The van der Waals surface area contributed by atoms with E-state index >= 15 is 0 Å². The van der Waals surface area contributed by atoms with E-state index in [-0.39, 0.29) is 11.7 Å². The van der Waals surface area contributed by atoms with Crippen LogP contribution in [0.3, 0.4) is 0 Å². The van der Waals surface area contributed by atoms with Crippen molar-refractivity contribution >= 4 is 11.7 Å². The Balaban J connectivity index is 2.64. The summed E-state index contributed by atoms with van der Waals surface area (Å²) in [5, 5.41) is 5.22. The number of benzene rings is 1. The topological polar surface area (TPSA) is 44.4 Å². The average Bonchev–Trinajstić information content (AvgIpc) is 2.30. The standard InChI is InChI=1S/C15H23F2N3O/c1-10(2)7-12(9-20(3)4)18-15(21)19-14-6-5-11(16)8-13(14)17/h5-6,8,10,12H,7,9H2,1-4H3,(H2,18,19,21). The Morgan fingerprint density at radius 1 is 1.29 bits per heavy atom. The summed E-state index contributed by atoms with van der Waals surface area (Å²) in [6.07, 6.45) is 0.817. The van der Waals surface area contributed by atoms with Crippen molar-refractivity contribution in [3.63, 3.8) is 0 Å². The van der Waals surface area contributed by atoms with Gasteiger partial charge in [-0.3, -0.25) is 0 Å². The Labute approximate surface area is 124 Å². The zero-order valence-electron chi connectivity index (χ0n) is 12.9. The van der Waals surface area contributed by atoms with Crippen LogP contribution < -0.4 is 10.6 Å². The van der Waals surface area contributed by atoms with Crippen molar-refractivity contribution in [3.8, 4) is 0 Å². The van der Waals surface area contributed by atoms with Gasteiger partial charge < -0.3 is 15.5 Å². The molecule has 1 aromatic carbocycles. The number of carbonyl (C=O) groups is 1. The SMILES string of the molecule is CC(C)CC(CN(C)C)NC(=O)Nc1ccc(F)cc1F. The summed E-state index contributed by atoms with van der Waals surface area (Å²) in [6, 6.07) is 2.51. The van der Waals surface area contributed by atoms with E-state index in [4.69, 9.17) is 0 Å². The number of nitrogens with zero attached hydrogens (tertiary/aromatic N) is 1. The van der Waals surface area contributed by atoms with Gasteiger partial charge >= 0.3 is 6.03 Å². The first-order valence-corrected chi connectivity index (χ1v) is 6.95. The number of nitrogens with one attached hydrogen (secondary N) is 2. The largest absolute Gasteiger partial charge is 0.334 e. The van der Waals surface area contributed by atoms with Gasteiger partial charge in [-0.25, -0.2) is 13.6 Å². The minimum absolute atomic E-state index is 0.0384. The summed E-state index contributed by atoms with van der Waals surface area (Å²) in [5.41, 5.74) is -0.0398. The van der Waals surface area contributed by atoms with Crippen LogP contribution in [0.1, 0.15) is 20.3 Å². The van der Waals surface area contributed by atoms with Crippen molar-refractivity contribution in [2.45, 2.75) is 26.3 Å². The lowest BCUT2D eigenvalue weighted by Crippen LogP contribution is -2.44. The second-order valence-electron chi connectivity index (χ2n) is 5.81. The Kier molecular flexibility index (Phi) is 6.55. The van der Waals surface area contributed by atoms with Crippen LogP contribution in [-0.4, -0.2) is 37.6 Å². The molecule has 0 heterocycles. The Morgan fingerprint density at radius 2 is 1.95 bits per heavy atom. The molecule has 2 amide bonds. The smallest absolute Gasteiger partial charge is 0.319 e. The van der Waals surface area contributed by atoms with Crippen LogP contribution in [0, 0.1) is 17.6 Å². The molecule has 1 rings (SSSR count). The van der Waals surface area contributed by atoms with Crippen LogP contribution in [-0.2, 0) is 0 Å². The predicted molar refractivity (Wildman–Crippen MR) is 80.3 cm³/mol. The van der Waals surface area contributed by atoms with Crippen molar-refractivity contribution in [2.75, 3.05) is 26.0 Å². The fourth-order valence-corrected chi connectivity index (χ4v) is 2.12. The Bertz CT molecular complexity index is 468. The first-order valence-electron chi connectivity index (χ1n) is 6.95. The van der Waals surface area contributed by atoms with Crippen LogP contribution in [0.15, 0.2) is 18.2 Å². The van der Waals surface area contributed by atoms with Gasteiger partial charge in [-0.05, 0) is 38.6 Å². The highest BCUT2D eigenvalue weighted by Crippen LogP contribution is 2.15. The molecule has 1 aromatic rings. The second kappa shape index (κ2) is 7.93. The van der Waals surface area contributed by atoms with Crippen molar-refractivity contribution in [2.24, 2.45) is 5.92 Å². The molecule has 0 aliphatic carbocycles. The maximum absolute atomic E-state index is 13.5. The molecule has 0 saturated heterocycles. The minimum Gasteiger partial charge on any atom is -0.334 e. The van der Waals surface area contributed by atoms with Gasteiger partial charge in [0.2, 0.25) is 0 Å². The molecular formula is C15H23F2N3O. The Morgan fingerprint density at radius 3 is 2.48 bits per heavy atom. The van der Waals surface area contributed by atoms with Gasteiger partial charge in [0, 0.05) is 18.7 Å². The van der Waals surface area contributed by atoms with Crippen molar-refractivity contribution in [1.29, 1.82) is 0 Å². The summed E-state index contributed by atoms with van der Waals surface area (Å²) in [5.74, 6) is -1.04. The fraction of sp³-hybridized carbons (Fsp3) is 0.533. The molecule has 0 aliphatic heterocycles. The molecule has 1 atom stereocenters. The van der Waals surface area contributed by atoms with Crippen molar-refractivity contribution in [3.05, 3.63) is 29.8 Å². The van der Waals surface area contributed by atoms with Crippen LogP contribution in [0.5, 0.6) is 0 Å². The van der Waals surface area contributed by atoms with E-state index in [1.165, 1.54) is 6.07 Å². The molecule has 0 fully saturated rings. The molecule has 21 heavy (non-hydrogen) atoms. The van der Waals surface area contributed by atoms with E-state index in [0.717, 1.165) is 18.6 Å². The maximum atomic E-state index is 13.5.